The molecule has 6 heteroatoms. The summed E-state index contributed by atoms with van der Waals surface area (Å²) in [5.41, 5.74) is 2.62. The Hall–Kier alpha value is -2.79. The van der Waals surface area contributed by atoms with Crippen LogP contribution in [0.15, 0.2) is 53.1 Å². The highest BCUT2D eigenvalue weighted by Crippen LogP contribution is 2.37. The average Bonchev–Trinajstić information content (AvgIpc) is 2.91. The number of anilines is 1. The molecule has 134 valence electrons. The zero-order valence-electron chi connectivity index (χ0n) is 14.8. The molecule has 0 unspecified atom stereocenters. The van der Waals surface area contributed by atoms with Gasteiger partial charge in [-0.25, -0.2) is 0 Å². The molecule has 1 heterocycles. The Balaban J connectivity index is 1.98. The van der Waals surface area contributed by atoms with Gasteiger partial charge >= 0.3 is 0 Å². The Morgan fingerprint density at radius 1 is 1.23 bits per heavy atom. The van der Waals surface area contributed by atoms with Crippen molar-refractivity contribution in [1.29, 1.82) is 0 Å². The monoisotopic (exact) mass is 370 g/mol. The molecule has 3 rings (SSSR count). The number of hydrazone groups is 1. The highest BCUT2D eigenvalue weighted by atomic mass is 35.5. The maximum Gasteiger partial charge on any atom is 0.280 e. The van der Waals surface area contributed by atoms with E-state index in [1.54, 1.807) is 25.1 Å². The van der Waals surface area contributed by atoms with E-state index in [-0.39, 0.29) is 5.91 Å². The minimum Gasteiger partial charge on any atom is -0.491 e. The lowest BCUT2D eigenvalue weighted by molar-refractivity contribution is -0.114. The number of hydrogen-bond donors (Lipinski definition) is 0. The van der Waals surface area contributed by atoms with Crippen LogP contribution in [0.4, 0.5) is 5.69 Å². The number of methoxy groups -OCH3 is 1. The van der Waals surface area contributed by atoms with E-state index >= 15 is 0 Å². The Kier molecular flexibility index (Phi) is 5.28. The van der Waals surface area contributed by atoms with Gasteiger partial charge in [-0.2, -0.15) is 10.1 Å². The number of carbonyl (C=O) groups is 1. The molecule has 0 aliphatic carbocycles. The van der Waals surface area contributed by atoms with E-state index in [0.29, 0.717) is 34.4 Å². The van der Waals surface area contributed by atoms with Gasteiger partial charge in [0, 0.05) is 0 Å². The van der Waals surface area contributed by atoms with Crippen LogP contribution in [0.25, 0.3) is 6.08 Å². The highest BCUT2D eigenvalue weighted by molar-refractivity contribution is 6.33. The van der Waals surface area contributed by atoms with Gasteiger partial charge < -0.3 is 9.47 Å². The third-order valence-corrected chi connectivity index (χ3v) is 4.19. The minimum absolute atomic E-state index is 0.182. The van der Waals surface area contributed by atoms with E-state index in [1.807, 2.05) is 37.3 Å². The fourth-order valence-electron chi connectivity index (χ4n) is 2.73. The number of carbonyl (C=O) groups excluding carboxylic acids is 1. The summed E-state index contributed by atoms with van der Waals surface area (Å²) in [6.45, 7) is 4.17. The molecule has 2 aromatic rings. The van der Waals surface area contributed by atoms with E-state index < -0.39 is 0 Å². The van der Waals surface area contributed by atoms with Gasteiger partial charge in [0.15, 0.2) is 11.5 Å². The maximum atomic E-state index is 12.8. The molecule has 0 radical (unpaired) electrons. The zero-order valence-corrected chi connectivity index (χ0v) is 15.6. The van der Waals surface area contributed by atoms with Crippen LogP contribution in [-0.2, 0) is 4.79 Å². The molecule has 0 N–H and O–H groups in total. The summed E-state index contributed by atoms with van der Waals surface area (Å²) >= 11 is 6.29. The molecule has 1 aliphatic rings. The fourth-order valence-corrected chi connectivity index (χ4v) is 3.02. The Morgan fingerprint density at radius 3 is 2.62 bits per heavy atom. The van der Waals surface area contributed by atoms with Gasteiger partial charge in [0.2, 0.25) is 0 Å². The van der Waals surface area contributed by atoms with Crippen LogP contribution in [-0.4, -0.2) is 25.3 Å². The number of ether oxygens (including phenoxy) is 2. The summed E-state index contributed by atoms with van der Waals surface area (Å²) in [4.78, 5) is 12.8. The third kappa shape index (κ3) is 3.44. The standard InChI is InChI=1S/C20H19ClN2O3/c1-4-26-18-12-14(11-17(21)19(18)25-3)10-16-13(2)22-23(20(16)24)15-8-6-5-7-9-15/h5-12H,4H2,1-3H3/b16-10-. The molecule has 0 saturated heterocycles. The van der Waals surface area contributed by atoms with Gasteiger partial charge in [-0.15, -0.1) is 0 Å². The summed E-state index contributed by atoms with van der Waals surface area (Å²) < 4.78 is 10.9. The summed E-state index contributed by atoms with van der Waals surface area (Å²) in [5, 5.41) is 6.20. The van der Waals surface area contributed by atoms with Crippen molar-refractivity contribution < 1.29 is 14.3 Å². The van der Waals surface area contributed by atoms with Gasteiger partial charge in [0.1, 0.15) is 0 Å². The number of nitrogens with zero attached hydrogens (tertiary/aromatic N) is 2. The summed E-state index contributed by atoms with van der Waals surface area (Å²) in [7, 11) is 1.54. The smallest absolute Gasteiger partial charge is 0.280 e. The van der Waals surface area contributed by atoms with Crippen molar-refractivity contribution in [1.82, 2.24) is 0 Å². The third-order valence-electron chi connectivity index (χ3n) is 3.91. The van der Waals surface area contributed by atoms with Gasteiger partial charge in [-0.05, 0) is 49.8 Å². The molecular weight excluding hydrogens is 352 g/mol. The molecule has 0 aromatic heterocycles. The Bertz CT molecular complexity index is 891. The van der Waals surface area contributed by atoms with Crippen molar-refractivity contribution in [2.24, 2.45) is 5.10 Å². The van der Waals surface area contributed by atoms with Crippen molar-refractivity contribution >= 4 is 35.0 Å². The molecule has 26 heavy (non-hydrogen) atoms. The van der Waals surface area contributed by atoms with Gasteiger partial charge in [-0.1, -0.05) is 29.8 Å². The fraction of sp³-hybridized carbons (Fsp3) is 0.200. The lowest BCUT2D eigenvalue weighted by atomic mass is 10.1. The van der Waals surface area contributed by atoms with Gasteiger partial charge in [0.25, 0.3) is 5.91 Å². The van der Waals surface area contributed by atoms with Crippen LogP contribution >= 0.6 is 11.6 Å². The highest BCUT2D eigenvalue weighted by Gasteiger charge is 2.28. The largest absolute Gasteiger partial charge is 0.491 e. The normalized spacial score (nSPS) is 15.4. The molecule has 0 fully saturated rings. The first kappa shape index (κ1) is 18.0. The number of hydrogen-bond acceptors (Lipinski definition) is 4. The number of halogens is 1. The predicted octanol–water partition coefficient (Wildman–Crippen LogP) is 4.55. The molecule has 0 atom stereocenters. The minimum atomic E-state index is -0.182. The van der Waals surface area contributed by atoms with Crippen molar-refractivity contribution in [3.63, 3.8) is 0 Å². The van der Waals surface area contributed by atoms with Crippen molar-refractivity contribution in [2.75, 3.05) is 18.7 Å². The molecule has 1 amide bonds. The molecule has 5 nitrogen and oxygen atoms in total. The Labute approximate surface area is 157 Å². The number of para-hydroxylation sites is 1. The van der Waals surface area contributed by atoms with Crippen LogP contribution in [0.3, 0.4) is 0 Å². The van der Waals surface area contributed by atoms with Crippen LogP contribution in [0.2, 0.25) is 5.02 Å². The van der Waals surface area contributed by atoms with E-state index in [2.05, 4.69) is 5.10 Å². The molecule has 1 aliphatic heterocycles. The lowest BCUT2D eigenvalue weighted by Crippen LogP contribution is -2.21. The second kappa shape index (κ2) is 7.62. The summed E-state index contributed by atoms with van der Waals surface area (Å²) in [5.74, 6) is 0.831. The van der Waals surface area contributed by atoms with Crippen molar-refractivity contribution in [3.05, 3.63) is 58.6 Å². The second-order valence-electron chi connectivity index (χ2n) is 5.66. The molecule has 0 spiro atoms. The van der Waals surface area contributed by atoms with Crippen molar-refractivity contribution in [2.45, 2.75) is 13.8 Å². The van der Waals surface area contributed by atoms with Gasteiger partial charge in [-0.3, -0.25) is 4.79 Å². The number of amides is 1. The number of benzene rings is 2. The van der Waals surface area contributed by atoms with Gasteiger partial charge in [0.05, 0.1) is 35.7 Å². The van der Waals surface area contributed by atoms with E-state index in [1.165, 1.54) is 12.1 Å². The molecule has 0 bridgehead atoms. The second-order valence-corrected chi connectivity index (χ2v) is 6.07. The topological polar surface area (TPSA) is 51.1 Å². The zero-order chi connectivity index (χ0) is 18.7. The van der Waals surface area contributed by atoms with E-state index in [4.69, 9.17) is 21.1 Å². The van der Waals surface area contributed by atoms with Crippen molar-refractivity contribution in [3.8, 4) is 11.5 Å². The van der Waals surface area contributed by atoms with Crippen LogP contribution in [0.1, 0.15) is 19.4 Å². The lowest BCUT2D eigenvalue weighted by Gasteiger charge is -2.12. The van der Waals surface area contributed by atoms with Crippen LogP contribution < -0.4 is 14.5 Å². The first-order valence-electron chi connectivity index (χ1n) is 8.22. The summed E-state index contributed by atoms with van der Waals surface area (Å²) in [6.07, 6.45) is 1.76. The Morgan fingerprint density at radius 2 is 1.96 bits per heavy atom. The SMILES string of the molecule is CCOc1cc(/C=C2\C(=O)N(c3ccccc3)N=C2C)cc(Cl)c1OC. The van der Waals surface area contributed by atoms with Crippen LogP contribution in [0, 0.1) is 0 Å². The number of rotatable bonds is 5. The first-order valence-corrected chi connectivity index (χ1v) is 8.60. The molecule has 2 aromatic carbocycles. The van der Waals surface area contributed by atoms with E-state index in [9.17, 15) is 4.79 Å². The quantitative estimate of drug-likeness (QED) is 0.725. The van der Waals surface area contributed by atoms with Crippen LogP contribution in [0.5, 0.6) is 11.5 Å². The van der Waals surface area contributed by atoms with E-state index in [0.717, 1.165) is 11.3 Å². The molecule has 0 saturated carbocycles. The first-order chi connectivity index (χ1) is 12.5. The maximum absolute atomic E-state index is 12.8. The average molecular weight is 371 g/mol. The molecular formula is C20H19ClN2O3. The summed E-state index contributed by atoms with van der Waals surface area (Å²) in [6, 6.07) is 12.9. The predicted molar refractivity (Wildman–Crippen MR) is 104 cm³/mol.